The van der Waals surface area contributed by atoms with Crippen molar-refractivity contribution in [1.29, 1.82) is 0 Å². The summed E-state index contributed by atoms with van der Waals surface area (Å²) < 4.78 is 70.1. The third-order valence-electron chi connectivity index (χ3n) is 3.80. The van der Waals surface area contributed by atoms with Crippen LogP contribution in [0.4, 0.5) is 30.9 Å². The monoisotopic (exact) mass is 420 g/mol. The number of aromatic nitrogens is 1. The normalized spacial score (nSPS) is 14.2. The number of carboxylic acid groups (broad SMARTS) is 1. The first-order valence-electron chi connectivity index (χ1n) is 7.60. The van der Waals surface area contributed by atoms with E-state index in [4.69, 9.17) is 4.74 Å². The number of anilines is 2. The molecule has 0 fully saturated rings. The van der Waals surface area contributed by atoms with E-state index >= 15 is 0 Å². The minimum atomic E-state index is -9.88. The second-order valence-electron chi connectivity index (χ2n) is 5.87. The highest BCUT2D eigenvalue weighted by Gasteiger charge is 2.65. The summed E-state index contributed by atoms with van der Waals surface area (Å²) >= 11 is 0. The first-order chi connectivity index (χ1) is 12.8. The van der Waals surface area contributed by atoms with Gasteiger partial charge in [-0.25, -0.2) is 9.78 Å². The number of halogens is 5. The van der Waals surface area contributed by atoms with Gasteiger partial charge in [0, 0.05) is 17.1 Å². The van der Waals surface area contributed by atoms with Crippen LogP contribution in [-0.2, 0) is 0 Å². The second-order valence-corrected chi connectivity index (χ2v) is 8.28. The quantitative estimate of drug-likeness (QED) is 0.471. The minimum absolute atomic E-state index is 0.213. The zero-order chi connectivity index (χ0) is 20.8. The maximum Gasteiger partial charge on any atom is 0.339 e. The molecular weight excluding hydrogens is 407 g/mol. The molecule has 28 heavy (non-hydrogen) atoms. The molecule has 0 saturated heterocycles. The van der Waals surface area contributed by atoms with Crippen molar-refractivity contribution in [2.75, 3.05) is 12.4 Å². The first-order valence-corrected chi connectivity index (χ1v) is 9.55. The lowest BCUT2D eigenvalue weighted by Crippen LogP contribution is -2.08. The van der Waals surface area contributed by atoms with Crippen molar-refractivity contribution in [1.82, 2.24) is 4.98 Å². The number of fused-ring (bicyclic) bond motifs is 1. The van der Waals surface area contributed by atoms with Gasteiger partial charge in [-0.1, -0.05) is 25.5 Å². The van der Waals surface area contributed by atoms with Gasteiger partial charge in [0.2, 0.25) is 0 Å². The fourth-order valence-corrected chi connectivity index (χ4v) is 3.17. The number of hydrogen-bond donors (Lipinski definition) is 2. The van der Waals surface area contributed by atoms with Gasteiger partial charge in [-0.05, 0) is 36.4 Å². The smallest absolute Gasteiger partial charge is 0.339 e. The Kier molecular flexibility index (Phi) is 4.01. The van der Waals surface area contributed by atoms with Crippen molar-refractivity contribution in [3.63, 3.8) is 0 Å². The molecule has 0 unspecified atom stereocenters. The maximum atomic E-state index is 13.0. The molecule has 3 aromatic rings. The zero-order valence-corrected chi connectivity index (χ0v) is 14.9. The minimum Gasteiger partial charge on any atom is -0.497 e. The average Bonchev–Trinajstić information content (AvgIpc) is 2.58. The van der Waals surface area contributed by atoms with E-state index in [0.717, 1.165) is 12.1 Å². The van der Waals surface area contributed by atoms with E-state index in [1.165, 1.54) is 19.2 Å². The molecule has 1 heterocycles. The Labute approximate surface area is 155 Å². The van der Waals surface area contributed by atoms with Crippen molar-refractivity contribution in [2.45, 2.75) is 4.90 Å². The van der Waals surface area contributed by atoms with E-state index in [2.05, 4.69) is 10.3 Å². The molecule has 0 radical (unpaired) electrons. The molecule has 0 aliphatic heterocycles. The summed E-state index contributed by atoms with van der Waals surface area (Å²) in [5.74, 6) is -1.26. The van der Waals surface area contributed by atoms with Crippen molar-refractivity contribution in [2.24, 2.45) is 0 Å². The van der Waals surface area contributed by atoms with Gasteiger partial charge < -0.3 is 15.2 Å². The summed E-state index contributed by atoms with van der Waals surface area (Å²) in [6.07, 6.45) is 0. The van der Waals surface area contributed by atoms with Gasteiger partial charge in [-0.15, -0.1) is 0 Å². The zero-order valence-electron chi connectivity index (χ0n) is 14.1. The summed E-state index contributed by atoms with van der Waals surface area (Å²) in [5, 5.41) is 12.2. The Morgan fingerprint density at radius 3 is 2.39 bits per heavy atom. The van der Waals surface area contributed by atoms with Crippen LogP contribution in [0, 0.1) is 0 Å². The van der Waals surface area contributed by atoms with Crippen LogP contribution in [0.1, 0.15) is 10.4 Å². The molecule has 5 nitrogen and oxygen atoms in total. The molecule has 1 aromatic heterocycles. The second kappa shape index (κ2) is 5.71. The number of nitrogens with zero attached hydrogens (tertiary/aromatic N) is 1. The standard InChI is InChI=1S/C17H13F5N2O3S/c1-27-12-6-5-10-7-14(17(25)26)16(24-15(10)9-12)23-11-3-2-4-13(8-11)28(18,19,20,21)22/h2-9H,1H3,(H,23,24)(H,25,26). The Hall–Kier alpha value is -3.08. The highest BCUT2D eigenvalue weighted by atomic mass is 32.5. The molecule has 3 rings (SSSR count). The molecule has 0 bridgehead atoms. The third-order valence-corrected chi connectivity index (χ3v) is 4.94. The van der Waals surface area contributed by atoms with Crippen LogP contribution >= 0.6 is 10.2 Å². The number of ether oxygens (including phenoxy) is 1. The lowest BCUT2D eigenvalue weighted by atomic mass is 10.1. The molecule has 2 aromatic carbocycles. The number of methoxy groups -OCH3 is 1. The Morgan fingerprint density at radius 1 is 1.07 bits per heavy atom. The number of benzene rings is 2. The molecule has 11 heteroatoms. The molecule has 0 spiro atoms. The predicted octanol–water partition coefficient (Wildman–Crippen LogP) is 6.34. The van der Waals surface area contributed by atoms with Crippen LogP contribution in [0.25, 0.3) is 10.9 Å². The highest BCUT2D eigenvalue weighted by molar-refractivity contribution is 8.45. The van der Waals surface area contributed by atoms with Gasteiger partial charge in [-0.2, -0.15) is 0 Å². The van der Waals surface area contributed by atoms with Crippen LogP contribution in [0.3, 0.4) is 0 Å². The van der Waals surface area contributed by atoms with E-state index < -0.39 is 21.1 Å². The topological polar surface area (TPSA) is 71.5 Å². The van der Waals surface area contributed by atoms with E-state index in [-0.39, 0.29) is 29.2 Å². The van der Waals surface area contributed by atoms with Gasteiger partial charge in [0.1, 0.15) is 22.0 Å². The third kappa shape index (κ3) is 4.09. The summed E-state index contributed by atoms with van der Waals surface area (Å²) in [5.41, 5.74) is -0.422. The van der Waals surface area contributed by atoms with E-state index in [1.807, 2.05) is 0 Å². The molecule has 150 valence electrons. The number of pyridine rings is 1. The van der Waals surface area contributed by atoms with E-state index in [1.54, 1.807) is 12.1 Å². The van der Waals surface area contributed by atoms with E-state index in [9.17, 15) is 29.3 Å². The fraction of sp³-hybridized carbons (Fsp3) is 0.0588. The summed E-state index contributed by atoms with van der Waals surface area (Å²) in [4.78, 5) is 13.5. The molecule has 2 N–H and O–H groups in total. The molecule has 0 aliphatic carbocycles. The van der Waals surface area contributed by atoms with Gasteiger partial charge in [0.25, 0.3) is 0 Å². The fourth-order valence-electron chi connectivity index (χ4n) is 2.48. The molecule has 0 saturated carbocycles. The Morgan fingerprint density at radius 2 is 1.79 bits per heavy atom. The van der Waals surface area contributed by atoms with Crippen molar-refractivity contribution < 1.29 is 34.1 Å². The molecule has 0 amide bonds. The van der Waals surface area contributed by atoms with Gasteiger partial charge in [-0.3, -0.25) is 0 Å². The Bertz CT molecular complexity index is 1100. The summed E-state index contributed by atoms with van der Waals surface area (Å²) in [6.45, 7) is 0. The Balaban J connectivity index is 2.11. The van der Waals surface area contributed by atoms with Crippen molar-refractivity contribution in [3.8, 4) is 5.75 Å². The largest absolute Gasteiger partial charge is 0.497 e. The van der Waals surface area contributed by atoms with Crippen molar-refractivity contribution >= 4 is 38.6 Å². The summed E-state index contributed by atoms with van der Waals surface area (Å²) in [6, 6.07) is 8.26. The molecule has 0 atom stereocenters. The van der Waals surface area contributed by atoms with E-state index in [0.29, 0.717) is 16.7 Å². The van der Waals surface area contributed by atoms with Crippen LogP contribution < -0.4 is 10.1 Å². The molecule has 0 aliphatic rings. The summed E-state index contributed by atoms with van der Waals surface area (Å²) in [7, 11) is -8.47. The lowest BCUT2D eigenvalue weighted by molar-refractivity contribution is 0.0697. The van der Waals surface area contributed by atoms with Crippen molar-refractivity contribution in [3.05, 3.63) is 54.1 Å². The average molecular weight is 420 g/mol. The number of hydrogen-bond acceptors (Lipinski definition) is 4. The number of rotatable bonds is 5. The first kappa shape index (κ1) is 19.7. The number of carbonyl (C=O) groups is 1. The molecular formula is C17H13F5N2O3S. The number of nitrogens with one attached hydrogen (secondary N) is 1. The SMILES string of the molecule is COc1ccc2cc(C(=O)O)c(Nc3cccc(S(F)(F)(F)(F)F)c3)nc2c1. The van der Waals surface area contributed by atoms with Gasteiger partial charge in [0.05, 0.1) is 12.6 Å². The lowest BCUT2D eigenvalue weighted by Gasteiger charge is -2.40. The van der Waals surface area contributed by atoms with Crippen LogP contribution in [0.2, 0.25) is 0 Å². The maximum absolute atomic E-state index is 13.0. The van der Waals surface area contributed by atoms with Gasteiger partial charge in [0.15, 0.2) is 0 Å². The van der Waals surface area contributed by atoms with Crippen LogP contribution in [-0.4, -0.2) is 23.2 Å². The highest BCUT2D eigenvalue weighted by Crippen LogP contribution is 3.02. The van der Waals surface area contributed by atoms with Crippen LogP contribution in [0.5, 0.6) is 5.75 Å². The van der Waals surface area contributed by atoms with Gasteiger partial charge >= 0.3 is 16.2 Å². The number of aromatic carboxylic acids is 1. The van der Waals surface area contributed by atoms with Crippen LogP contribution in [0.15, 0.2) is 53.4 Å². The number of carboxylic acids is 1. The predicted molar refractivity (Wildman–Crippen MR) is 96.4 cm³/mol.